The highest BCUT2D eigenvalue weighted by atomic mass is 35.5. The zero-order valence-electron chi connectivity index (χ0n) is 17.0. The molecule has 6 heteroatoms. The maximum absolute atomic E-state index is 12.4. The lowest BCUT2D eigenvalue weighted by molar-refractivity contribution is -0.116. The van der Waals surface area contributed by atoms with Gasteiger partial charge in [-0.2, -0.15) is 0 Å². The van der Waals surface area contributed by atoms with Crippen molar-refractivity contribution >= 4 is 34.5 Å². The number of nitrogens with zero attached hydrogens (tertiary/aromatic N) is 1. The number of hydrogen-bond donors (Lipinski definition) is 1. The average molecular weight is 449 g/mol. The second-order valence-corrected chi connectivity index (χ2v) is 8.32. The first-order valence-electron chi connectivity index (χ1n) is 9.85. The average Bonchev–Trinajstić information content (AvgIpc) is 3.29. The van der Waals surface area contributed by atoms with Gasteiger partial charge in [-0.1, -0.05) is 48.0 Å². The molecule has 0 aliphatic rings. The summed E-state index contributed by atoms with van der Waals surface area (Å²) in [7, 11) is 1.64. The van der Waals surface area contributed by atoms with Crippen LogP contribution in [0.15, 0.2) is 78.2 Å². The van der Waals surface area contributed by atoms with E-state index in [-0.39, 0.29) is 5.91 Å². The van der Waals surface area contributed by atoms with Crippen molar-refractivity contribution in [2.24, 2.45) is 0 Å². The molecule has 0 saturated carbocycles. The van der Waals surface area contributed by atoms with E-state index in [4.69, 9.17) is 21.3 Å². The van der Waals surface area contributed by atoms with Crippen LogP contribution in [0, 0.1) is 0 Å². The molecule has 3 aromatic carbocycles. The van der Waals surface area contributed by atoms with Crippen molar-refractivity contribution in [1.29, 1.82) is 0 Å². The van der Waals surface area contributed by atoms with Crippen molar-refractivity contribution in [3.05, 3.63) is 88.8 Å². The minimum absolute atomic E-state index is 0.0203. The third kappa shape index (κ3) is 5.51. The number of nitrogens with one attached hydrogen (secondary N) is 1. The number of hydrogen-bond acceptors (Lipinski definition) is 4. The molecule has 0 bridgehead atoms. The van der Waals surface area contributed by atoms with Gasteiger partial charge in [0, 0.05) is 33.6 Å². The topological polar surface area (TPSA) is 51.2 Å². The highest BCUT2D eigenvalue weighted by Gasteiger charge is 2.09. The summed E-state index contributed by atoms with van der Waals surface area (Å²) in [5, 5.41) is 6.65. The lowest BCUT2D eigenvalue weighted by Crippen LogP contribution is -2.12. The first-order chi connectivity index (χ1) is 15.1. The summed E-state index contributed by atoms with van der Waals surface area (Å²) in [6.07, 6.45) is 1.08. The summed E-state index contributed by atoms with van der Waals surface area (Å²) in [5.74, 6) is 0.791. The number of benzene rings is 3. The summed E-state index contributed by atoms with van der Waals surface area (Å²) in [4.78, 5) is 17.2. The van der Waals surface area contributed by atoms with Gasteiger partial charge >= 0.3 is 0 Å². The van der Waals surface area contributed by atoms with Crippen molar-refractivity contribution < 1.29 is 9.53 Å². The molecule has 0 spiro atoms. The fraction of sp³-hybridized carbons (Fsp3) is 0.120. The molecule has 4 rings (SSSR count). The van der Waals surface area contributed by atoms with Gasteiger partial charge in [0.05, 0.1) is 12.8 Å². The molecule has 31 heavy (non-hydrogen) atoms. The summed E-state index contributed by atoms with van der Waals surface area (Å²) >= 11 is 7.55. The van der Waals surface area contributed by atoms with Gasteiger partial charge in [0.25, 0.3) is 0 Å². The van der Waals surface area contributed by atoms with Gasteiger partial charge in [-0.05, 0) is 48.4 Å². The molecule has 0 aliphatic heterocycles. The Balaban J connectivity index is 1.40. The molecular formula is C25H21ClN2O2S. The van der Waals surface area contributed by atoms with Crippen LogP contribution in [-0.2, 0) is 11.2 Å². The van der Waals surface area contributed by atoms with Crippen molar-refractivity contribution in [3.63, 3.8) is 0 Å². The number of carbonyl (C=O) groups is 1. The zero-order valence-corrected chi connectivity index (χ0v) is 18.5. The fourth-order valence-electron chi connectivity index (χ4n) is 3.16. The van der Waals surface area contributed by atoms with E-state index in [9.17, 15) is 4.79 Å². The molecule has 1 N–H and O–H groups in total. The van der Waals surface area contributed by atoms with Gasteiger partial charge < -0.3 is 10.1 Å². The number of halogens is 1. The van der Waals surface area contributed by atoms with Gasteiger partial charge in [-0.3, -0.25) is 4.79 Å². The van der Waals surface area contributed by atoms with Crippen LogP contribution in [0.4, 0.5) is 5.69 Å². The van der Waals surface area contributed by atoms with E-state index >= 15 is 0 Å². The number of thiazole rings is 1. The third-order valence-corrected chi connectivity index (χ3v) is 5.98. The lowest BCUT2D eigenvalue weighted by Gasteiger charge is -2.07. The SMILES string of the molecule is COc1ccc(CCC(=O)Nc2cccc(-c3csc(-c4ccc(Cl)cc4)n3)c2)cc1. The second-order valence-electron chi connectivity index (χ2n) is 7.02. The summed E-state index contributed by atoms with van der Waals surface area (Å²) in [6, 6.07) is 23.2. The maximum atomic E-state index is 12.4. The Bertz CT molecular complexity index is 1170. The number of ether oxygens (including phenoxy) is 1. The van der Waals surface area contributed by atoms with Crippen LogP contribution in [-0.4, -0.2) is 18.0 Å². The van der Waals surface area contributed by atoms with Crippen LogP contribution in [0.2, 0.25) is 5.02 Å². The van der Waals surface area contributed by atoms with Crippen molar-refractivity contribution in [2.45, 2.75) is 12.8 Å². The van der Waals surface area contributed by atoms with Crippen molar-refractivity contribution in [2.75, 3.05) is 12.4 Å². The first-order valence-corrected chi connectivity index (χ1v) is 11.1. The molecule has 0 saturated heterocycles. The maximum Gasteiger partial charge on any atom is 0.224 e. The summed E-state index contributed by atoms with van der Waals surface area (Å²) in [5.41, 5.74) is 4.73. The standard InChI is InChI=1S/C25H21ClN2O2S/c1-30-22-12-5-17(6-13-22)7-14-24(29)27-21-4-2-3-19(15-21)23-16-31-25(28-23)18-8-10-20(26)11-9-18/h2-6,8-13,15-16H,7,14H2,1H3,(H,27,29). The fourth-order valence-corrected chi connectivity index (χ4v) is 4.12. The smallest absolute Gasteiger partial charge is 0.224 e. The van der Waals surface area contributed by atoms with E-state index in [1.807, 2.05) is 78.2 Å². The van der Waals surface area contributed by atoms with E-state index in [1.165, 1.54) is 0 Å². The molecule has 1 heterocycles. The Labute approximate surface area is 190 Å². The molecule has 0 fully saturated rings. The van der Waals surface area contributed by atoms with Gasteiger partial charge in [0.15, 0.2) is 0 Å². The number of aromatic nitrogens is 1. The molecule has 156 valence electrons. The van der Waals surface area contributed by atoms with Crippen LogP contribution in [0.5, 0.6) is 5.75 Å². The predicted molar refractivity (Wildman–Crippen MR) is 128 cm³/mol. The number of aryl methyl sites for hydroxylation is 1. The van der Waals surface area contributed by atoms with Crippen LogP contribution >= 0.6 is 22.9 Å². The van der Waals surface area contributed by atoms with Gasteiger partial charge in [0.2, 0.25) is 5.91 Å². The van der Waals surface area contributed by atoms with Crippen LogP contribution in [0.1, 0.15) is 12.0 Å². The van der Waals surface area contributed by atoms with E-state index < -0.39 is 0 Å². The quantitative estimate of drug-likeness (QED) is 0.341. The molecule has 0 aliphatic carbocycles. The van der Waals surface area contributed by atoms with Crippen molar-refractivity contribution in [3.8, 4) is 27.6 Å². The minimum Gasteiger partial charge on any atom is -0.497 e. The largest absolute Gasteiger partial charge is 0.497 e. The third-order valence-electron chi connectivity index (χ3n) is 4.84. The van der Waals surface area contributed by atoms with Gasteiger partial charge in [-0.15, -0.1) is 11.3 Å². The highest BCUT2D eigenvalue weighted by Crippen LogP contribution is 2.30. The molecule has 4 aromatic rings. The zero-order chi connectivity index (χ0) is 21.6. The van der Waals surface area contributed by atoms with Crippen LogP contribution < -0.4 is 10.1 Å². The van der Waals surface area contributed by atoms with E-state index in [2.05, 4.69) is 5.32 Å². The Hall–Kier alpha value is -3.15. The molecule has 0 radical (unpaired) electrons. The predicted octanol–water partition coefficient (Wildman–Crippen LogP) is 6.71. The highest BCUT2D eigenvalue weighted by molar-refractivity contribution is 7.13. The van der Waals surface area contributed by atoms with Crippen molar-refractivity contribution in [1.82, 2.24) is 4.98 Å². The van der Waals surface area contributed by atoms with Crippen LogP contribution in [0.25, 0.3) is 21.8 Å². The van der Waals surface area contributed by atoms with Gasteiger partial charge in [-0.25, -0.2) is 4.98 Å². The number of anilines is 1. The number of carbonyl (C=O) groups excluding carboxylic acids is 1. The van der Waals surface area contributed by atoms with E-state index in [0.717, 1.165) is 38.8 Å². The normalized spacial score (nSPS) is 10.6. The Morgan fingerprint density at radius 3 is 2.55 bits per heavy atom. The minimum atomic E-state index is -0.0203. The molecule has 4 nitrogen and oxygen atoms in total. The number of methoxy groups -OCH3 is 1. The molecule has 0 unspecified atom stereocenters. The van der Waals surface area contributed by atoms with Crippen LogP contribution in [0.3, 0.4) is 0 Å². The molecular weight excluding hydrogens is 428 g/mol. The Kier molecular flexibility index (Phi) is 6.65. The van der Waals surface area contributed by atoms with E-state index in [0.29, 0.717) is 17.9 Å². The molecule has 1 aromatic heterocycles. The second kappa shape index (κ2) is 9.77. The summed E-state index contributed by atoms with van der Waals surface area (Å²) < 4.78 is 5.16. The number of amides is 1. The lowest BCUT2D eigenvalue weighted by atomic mass is 10.1. The Morgan fingerprint density at radius 2 is 1.81 bits per heavy atom. The van der Waals surface area contributed by atoms with E-state index in [1.54, 1.807) is 18.4 Å². The monoisotopic (exact) mass is 448 g/mol. The molecule has 1 amide bonds. The summed E-state index contributed by atoms with van der Waals surface area (Å²) in [6.45, 7) is 0. The first kappa shape index (κ1) is 21.1. The number of rotatable bonds is 7. The van der Waals surface area contributed by atoms with Gasteiger partial charge in [0.1, 0.15) is 10.8 Å². The molecule has 0 atom stereocenters. The Morgan fingerprint density at radius 1 is 1.03 bits per heavy atom.